The number of ether oxygens (including phenoxy) is 1. The molecule has 0 aliphatic carbocycles. The Hall–Kier alpha value is -0.940. The average molecular weight is 282 g/mol. The number of rotatable bonds is 1. The summed E-state index contributed by atoms with van der Waals surface area (Å²) < 4.78 is 8.53. The third-order valence-corrected chi connectivity index (χ3v) is 3.23. The van der Waals surface area contributed by atoms with Crippen LogP contribution in [0.5, 0.6) is 0 Å². The Balaban J connectivity index is 1.97. The van der Waals surface area contributed by atoms with Gasteiger partial charge in [-0.1, -0.05) is 0 Å². The minimum Gasteiger partial charge on any atom is -0.357 e. The minimum atomic E-state index is 0.0849. The van der Waals surface area contributed by atoms with Crippen LogP contribution in [0, 0.1) is 0 Å². The summed E-state index contributed by atoms with van der Waals surface area (Å²) in [5.41, 5.74) is 1.82. The summed E-state index contributed by atoms with van der Waals surface area (Å²) in [4.78, 5) is 4.31. The van der Waals surface area contributed by atoms with E-state index in [4.69, 9.17) is 4.74 Å². The molecule has 3 rings (SSSR count). The van der Waals surface area contributed by atoms with E-state index in [1.165, 1.54) is 6.42 Å². The van der Waals surface area contributed by atoms with Crippen LogP contribution < -0.4 is 0 Å². The van der Waals surface area contributed by atoms with E-state index in [1.807, 2.05) is 16.9 Å². The normalized spacial score (nSPS) is 21.4. The van der Waals surface area contributed by atoms with Crippen LogP contribution in [0.3, 0.4) is 0 Å². The number of halogens is 1. The molecule has 0 amide bonds. The van der Waals surface area contributed by atoms with Gasteiger partial charge in [-0.05, 0) is 41.3 Å². The maximum Gasteiger partial charge on any atom is 0.150 e. The lowest BCUT2D eigenvalue weighted by atomic mass is 10.2. The Labute approximate surface area is 102 Å². The molecule has 0 saturated carbocycles. The predicted molar refractivity (Wildman–Crippen MR) is 64.1 cm³/mol. The molecule has 3 heterocycles. The monoisotopic (exact) mass is 281 g/mol. The molecule has 4 nitrogen and oxygen atoms in total. The van der Waals surface area contributed by atoms with Gasteiger partial charge in [0.15, 0.2) is 0 Å². The number of hydrogen-bond acceptors (Lipinski definition) is 3. The van der Waals surface area contributed by atoms with E-state index < -0.39 is 0 Å². The summed E-state index contributed by atoms with van der Waals surface area (Å²) >= 11 is 3.39. The fraction of sp³-hybridized carbons (Fsp3) is 0.455. The average Bonchev–Trinajstić information content (AvgIpc) is 2.73. The van der Waals surface area contributed by atoms with E-state index in [-0.39, 0.29) is 6.23 Å². The molecule has 2 aromatic rings. The van der Waals surface area contributed by atoms with Gasteiger partial charge in [-0.25, -0.2) is 4.68 Å². The fourth-order valence-electron chi connectivity index (χ4n) is 1.98. The quantitative estimate of drug-likeness (QED) is 0.807. The van der Waals surface area contributed by atoms with Crippen molar-refractivity contribution in [1.29, 1.82) is 0 Å². The van der Waals surface area contributed by atoms with E-state index in [0.29, 0.717) is 0 Å². The maximum atomic E-state index is 5.68. The van der Waals surface area contributed by atoms with Crippen LogP contribution in [0.1, 0.15) is 25.5 Å². The minimum absolute atomic E-state index is 0.0849. The molecule has 0 spiro atoms. The van der Waals surface area contributed by atoms with E-state index in [9.17, 15) is 0 Å². The largest absolute Gasteiger partial charge is 0.357 e. The highest BCUT2D eigenvalue weighted by Crippen LogP contribution is 2.24. The predicted octanol–water partition coefficient (Wildman–Crippen LogP) is 2.89. The zero-order chi connectivity index (χ0) is 11.0. The van der Waals surface area contributed by atoms with E-state index >= 15 is 0 Å². The molecular formula is C11H12BrN3O. The first-order valence-corrected chi connectivity index (χ1v) is 6.24. The molecule has 0 N–H and O–H groups in total. The smallest absolute Gasteiger partial charge is 0.150 e. The van der Waals surface area contributed by atoms with Crippen LogP contribution in [0.4, 0.5) is 0 Å². The van der Waals surface area contributed by atoms with Gasteiger partial charge in [0.2, 0.25) is 0 Å². The van der Waals surface area contributed by atoms with Crippen LogP contribution in [-0.2, 0) is 4.74 Å². The lowest BCUT2D eigenvalue weighted by Gasteiger charge is -2.22. The summed E-state index contributed by atoms with van der Waals surface area (Å²) in [5.74, 6) is 0. The van der Waals surface area contributed by atoms with E-state index in [2.05, 4.69) is 26.0 Å². The second-order valence-corrected chi connectivity index (χ2v) is 4.90. The molecule has 0 bridgehead atoms. The summed E-state index contributed by atoms with van der Waals surface area (Å²) in [6.07, 6.45) is 7.23. The summed E-state index contributed by atoms with van der Waals surface area (Å²) in [7, 11) is 0. The summed E-state index contributed by atoms with van der Waals surface area (Å²) in [5, 5.41) is 4.50. The summed E-state index contributed by atoms with van der Waals surface area (Å²) in [6.45, 7) is 0.831. The first kappa shape index (κ1) is 10.2. The molecule has 2 aromatic heterocycles. The first-order chi connectivity index (χ1) is 7.83. The standard InChI is InChI=1S/C11H12BrN3O/c12-8-5-9-10(13-6-8)7-15(14-9)11-3-1-2-4-16-11/h5-7,11H,1-4H2. The van der Waals surface area contributed by atoms with Crippen molar-refractivity contribution in [3.8, 4) is 0 Å². The van der Waals surface area contributed by atoms with Crippen molar-refractivity contribution in [2.45, 2.75) is 25.5 Å². The molecule has 1 fully saturated rings. The molecule has 1 atom stereocenters. The first-order valence-electron chi connectivity index (χ1n) is 5.45. The number of aromatic nitrogens is 3. The van der Waals surface area contributed by atoms with Crippen LogP contribution >= 0.6 is 15.9 Å². The molecule has 1 aliphatic heterocycles. The van der Waals surface area contributed by atoms with E-state index in [1.54, 1.807) is 6.20 Å². The van der Waals surface area contributed by atoms with Gasteiger partial charge < -0.3 is 4.74 Å². The van der Waals surface area contributed by atoms with Crippen molar-refractivity contribution in [2.75, 3.05) is 6.61 Å². The highest BCUT2D eigenvalue weighted by molar-refractivity contribution is 9.10. The molecule has 1 aliphatic rings. The maximum absolute atomic E-state index is 5.68. The van der Waals surface area contributed by atoms with Crippen molar-refractivity contribution in [3.63, 3.8) is 0 Å². The molecule has 0 aromatic carbocycles. The zero-order valence-corrected chi connectivity index (χ0v) is 10.4. The van der Waals surface area contributed by atoms with Crippen molar-refractivity contribution >= 4 is 27.0 Å². The van der Waals surface area contributed by atoms with Gasteiger partial charge in [0.05, 0.1) is 6.20 Å². The van der Waals surface area contributed by atoms with E-state index in [0.717, 1.165) is 35.0 Å². The van der Waals surface area contributed by atoms with Crippen LogP contribution in [0.2, 0.25) is 0 Å². The van der Waals surface area contributed by atoms with Gasteiger partial charge in [0, 0.05) is 17.3 Å². The van der Waals surface area contributed by atoms with Crippen molar-refractivity contribution in [2.24, 2.45) is 0 Å². The third-order valence-electron chi connectivity index (χ3n) is 2.79. The Morgan fingerprint density at radius 1 is 1.38 bits per heavy atom. The molecule has 1 unspecified atom stereocenters. The second-order valence-electron chi connectivity index (χ2n) is 3.99. The second kappa shape index (κ2) is 4.14. The molecule has 1 saturated heterocycles. The topological polar surface area (TPSA) is 39.9 Å². The number of pyridine rings is 1. The number of nitrogens with zero attached hydrogens (tertiary/aromatic N) is 3. The third kappa shape index (κ3) is 1.85. The Kier molecular flexibility index (Phi) is 2.65. The molecule has 84 valence electrons. The van der Waals surface area contributed by atoms with Gasteiger partial charge in [-0.2, -0.15) is 5.10 Å². The van der Waals surface area contributed by atoms with Gasteiger partial charge in [0.25, 0.3) is 0 Å². The van der Waals surface area contributed by atoms with Gasteiger partial charge >= 0.3 is 0 Å². The van der Waals surface area contributed by atoms with Gasteiger partial charge in [-0.15, -0.1) is 0 Å². The van der Waals surface area contributed by atoms with Crippen LogP contribution in [-0.4, -0.2) is 21.4 Å². The van der Waals surface area contributed by atoms with Crippen molar-refractivity contribution < 1.29 is 4.74 Å². The molecular weight excluding hydrogens is 270 g/mol. The highest BCUT2D eigenvalue weighted by atomic mass is 79.9. The van der Waals surface area contributed by atoms with Crippen molar-refractivity contribution in [3.05, 3.63) is 22.9 Å². The Morgan fingerprint density at radius 3 is 3.12 bits per heavy atom. The zero-order valence-electron chi connectivity index (χ0n) is 8.77. The van der Waals surface area contributed by atoms with Crippen LogP contribution in [0.15, 0.2) is 22.9 Å². The number of fused-ring (bicyclic) bond motifs is 1. The van der Waals surface area contributed by atoms with Crippen molar-refractivity contribution in [1.82, 2.24) is 14.8 Å². The lowest BCUT2D eigenvalue weighted by molar-refractivity contribution is -0.0390. The van der Waals surface area contributed by atoms with Crippen LogP contribution in [0.25, 0.3) is 11.0 Å². The highest BCUT2D eigenvalue weighted by Gasteiger charge is 2.17. The lowest BCUT2D eigenvalue weighted by Crippen LogP contribution is -2.18. The molecule has 0 radical (unpaired) electrons. The SMILES string of the molecule is Brc1cnc2cn(C3CCCCO3)nc2c1. The molecule has 16 heavy (non-hydrogen) atoms. The number of hydrogen-bond donors (Lipinski definition) is 0. The Bertz CT molecular complexity index is 505. The molecule has 5 heteroatoms. The fourth-order valence-corrected chi connectivity index (χ4v) is 2.30. The Morgan fingerprint density at radius 2 is 2.31 bits per heavy atom. The van der Waals surface area contributed by atoms with Gasteiger partial charge in [-0.3, -0.25) is 4.98 Å². The van der Waals surface area contributed by atoms with Gasteiger partial charge in [0.1, 0.15) is 17.3 Å². The summed E-state index contributed by atoms with van der Waals surface area (Å²) in [6, 6.07) is 1.97.